The van der Waals surface area contributed by atoms with E-state index in [1.807, 2.05) is 0 Å². The molecule has 1 N–H and O–H groups in total. The summed E-state index contributed by atoms with van der Waals surface area (Å²) in [5, 5.41) is 4.69. The van der Waals surface area contributed by atoms with Gasteiger partial charge in [-0.15, -0.1) is 0 Å². The number of sulfonamides is 1. The smallest absolute Gasteiger partial charge is 0.263 e. The molecule has 1 atom stereocenters. The van der Waals surface area contributed by atoms with Crippen LogP contribution in [0.4, 0.5) is 5.69 Å². The molecule has 3 rings (SSSR count). The Balaban J connectivity index is 1.74. The van der Waals surface area contributed by atoms with E-state index in [1.165, 1.54) is 18.3 Å². The summed E-state index contributed by atoms with van der Waals surface area (Å²) in [6.45, 7) is 3.09. The number of anilines is 1. The number of ether oxygens (including phenoxy) is 1. The summed E-state index contributed by atoms with van der Waals surface area (Å²) >= 11 is 12.0. The summed E-state index contributed by atoms with van der Waals surface area (Å²) < 4.78 is 35.0. The lowest BCUT2D eigenvalue weighted by Gasteiger charge is -2.22. The van der Waals surface area contributed by atoms with E-state index in [9.17, 15) is 8.42 Å². The first kappa shape index (κ1) is 18.5. The maximum absolute atomic E-state index is 12.6. The van der Waals surface area contributed by atoms with Crippen LogP contribution in [-0.4, -0.2) is 30.9 Å². The SMILES string of the molecule is Cc1cc(S(=O)(=O)Nc2cnn(CC3CCCCO3)c2)c(Cl)cc1Cl. The molecule has 0 amide bonds. The average molecular weight is 404 g/mol. The Bertz CT molecular complexity index is 862. The minimum absolute atomic E-state index is 0.0144. The maximum atomic E-state index is 12.6. The van der Waals surface area contributed by atoms with Crippen LogP contribution in [0, 0.1) is 6.92 Å². The van der Waals surface area contributed by atoms with Gasteiger partial charge in [0.05, 0.1) is 29.6 Å². The van der Waals surface area contributed by atoms with Gasteiger partial charge in [0.15, 0.2) is 0 Å². The second kappa shape index (κ2) is 7.53. The Labute approximate surface area is 157 Å². The number of nitrogens with zero attached hydrogens (tertiary/aromatic N) is 2. The van der Waals surface area contributed by atoms with E-state index in [1.54, 1.807) is 17.8 Å². The fraction of sp³-hybridized carbons (Fsp3) is 0.438. The van der Waals surface area contributed by atoms with Crippen LogP contribution in [0.25, 0.3) is 0 Å². The number of benzene rings is 1. The predicted octanol–water partition coefficient (Wildman–Crippen LogP) is 3.87. The summed E-state index contributed by atoms with van der Waals surface area (Å²) in [4.78, 5) is -0.0144. The molecule has 1 saturated heterocycles. The lowest BCUT2D eigenvalue weighted by Crippen LogP contribution is -2.24. The van der Waals surface area contributed by atoms with Crippen molar-refractivity contribution in [2.24, 2.45) is 0 Å². The molecule has 0 bridgehead atoms. The van der Waals surface area contributed by atoms with Gasteiger partial charge in [-0.25, -0.2) is 8.42 Å². The zero-order valence-corrected chi connectivity index (χ0v) is 16.0. The highest BCUT2D eigenvalue weighted by molar-refractivity contribution is 7.92. The first-order valence-electron chi connectivity index (χ1n) is 7.98. The third kappa shape index (κ3) is 4.47. The largest absolute Gasteiger partial charge is 0.376 e. The quantitative estimate of drug-likeness (QED) is 0.821. The van der Waals surface area contributed by atoms with Crippen molar-refractivity contribution < 1.29 is 13.2 Å². The zero-order valence-electron chi connectivity index (χ0n) is 13.7. The van der Waals surface area contributed by atoms with E-state index in [-0.39, 0.29) is 16.0 Å². The van der Waals surface area contributed by atoms with Gasteiger partial charge in [-0.05, 0) is 43.9 Å². The Morgan fingerprint density at radius 3 is 2.84 bits per heavy atom. The van der Waals surface area contributed by atoms with Crippen molar-refractivity contribution in [3.63, 3.8) is 0 Å². The predicted molar refractivity (Wildman–Crippen MR) is 97.8 cm³/mol. The third-order valence-electron chi connectivity index (χ3n) is 4.05. The van der Waals surface area contributed by atoms with Crippen LogP contribution in [-0.2, 0) is 21.3 Å². The van der Waals surface area contributed by atoms with E-state index in [4.69, 9.17) is 27.9 Å². The van der Waals surface area contributed by atoms with E-state index in [2.05, 4.69) is 9.82 Å². The van der Waals surface area contributed by atoms with Gasteiger partial charge in [-0.3, -0.25) is 9.40 Å². The number of aryl methyl sites for hydroxylation is 1. The van der Waals surface area contributed by atoms with Crippen LogP contribution in [0.2, 0.25) is 10.0 Å². The van der Waals surface area contributed by atoms with Gasteiger partial charge in [0, 0.05) is 17.8 Å². The van der Waals surface area contributed by atoms with E-state index >= 15 is 0 Å². The standard InChI is InChI=1S/C16H19Cl2N3O3S/c1-11-6-16(15(18)7-14(11)17)25(22,23)20-12-8-19-21(9-12)10-13-4-2-3-5-24-13/h6-9,13,20H,2-5,10H2,1H3. The highest BCUT2D eigenvalue weighted by atomic mass is 35.5. The van der Waals surface area contributed by atoms with E-state index < -0.39 is 10.0 Å². The Morgan fingerprint density at radius 1 is 1.32 bits per heavy atom. The molecule has 0 aliphatic carbocycles. The van der Waals surface area contributed by atoms with Crippen LogP contribution in [0.5, 0.6) is 0 Å². The van der Waals surface area contributed by atoms with Crippen molar-refractivity contribution in [3.8, 4) is 0 Å². The molecular formula is C16H19Cl2N3O3S. The topological polar surface area (TPSA) is 73.2 Å². The molecule has 1 aromatic heterocycles. The first-order valence-corrected chi connectivity index (χ1v) is 10.2. The molecule has 1 fully saturated rings. The van der Waals surface area contributed by atoms with Crippen LogP contribution < -0.4 is 4.72 Å². The molecular weight excluding hydrogens is 385 g/mol. The number of aromatic nitrogens is 2. The number of halogens is 2. The molecule has 6 nitrogen and oxygen atoms in total. The van der Waals surface area contributed by atoms with Crippen LogP contribution in [0.3, 0.4) is 0 Å². The maximum Gasteiger partial charge on any atom is 0.263 e. The third-order valence-corrected chi connectivity index (χ3v) is 6.31. The summed E-state index contributed by atoms with van der Waals surface area (Å²) in [5.74, 6) is 0. The monoisotopic (exact) mass is 403 g/mol. The molecule has 0 saturated carbocycles. The molecule has 136 valence electrons. The van der Waals surface area contributed by atoms with E-state index in [0.29, 0.717) is 22.8 Å². The molecule has 1 aliphatic rings. The van der Waals surface area contributed by atoms with Crippen LogP contribution in [0.15, 0.2) is 29.4 Å². The van der Waals surface area contributed by atoms with Gasteiger partial charge >= 0.3 is 0 Å². The lowest BCUT2D eigenvalue weighted by molar-refractivity contribution is 0.00401. The summed E-state index contributed by atoms with van der Waals surface area (Å²) in [6.07, 6.45) is 6.44. The Hall–Kier alpha value is -1.28. The van der Waals surface area contributed by atoms with Crippen molar-refractivity contribution >= 4 is 38.9 Å². The number of rotatable bonds is 5. The van der Waals surface area contributed by atoms with Crippen LogP contribution in [0.1, 0.15) is 24.8 Å². The second-order valence-corrected chi connectivity index (χ2v) is 8.54. The summed E-state index contributed by atoms with van der Waals surface area (Å²) in [6, 6.07) is 2.88. The van der Waals surface area contributed by atoms with Crippen LogP contribution >= 0.6 is 23.2 Å². The van der Waals surface area contributed by atoms with Gasteiger partial charge in [-0.2, -0.15) is 5.10 Å². The minimum Gasteiger partial charge on any atom is -0.376 e. The molecule has 0 radical (unpaired) electrons. The molecule has 2 heterocycles. The van der Waals surface area contributed by atoms with Gasteiger partial charge in [0.1, 0.15) is 4.90 Å². The molecule has 25 heavy (non-hydrogen) atoms. The summed E-state index contributed by atoms with van der Waals surface area (Å²) in [5.41, 5.74) is 1.01. The number of hydrogen-bond acceptors (Lipinski definition) is 4. The molecule has 1 aliphatic heterocycles. The lowest BCUT2D eigenvalue weighted by atomic mass is 10.1. The van der Waals surface area contributed by atoms with E-state index in [0.717, 1.165) is 25.9 Å². The molecule has 1 aromatic carbocycles. The second-order valence-electron chi connectivity index (χ2n) is 6.08. The van der Waals surface area contributed by atoms with Gasteiger partial charge < -0.3 is 4.74 Å². The zero-order chi connectivity index (χ0) is 18.0. The molecule has 9 heteroatoms. The minimum atomic E-state index is -3.83. The fourth-order valence-corrected chi connectivity index (χ4v) is 4.58. The van der Waals surface area contributed by atoms with Crippen molar-refractivity contribution in [3.05, 3.63) is 40.1 Å². The van der Waals surface area contributed by atoms with Crippen molar-refractivity contribution in [1.82, 2.24) is 9.78 Å². The normalized spacial score (nSPS) is 18.3. The van der Waals surface area contributed by atoms with Gasteiger partial charge in [0.25, 0.3) is 10.0 Å². The van der Waals surface area contributed by atoms with Gasteiger partial charge in [-0.1, -0.05) is 23.2 Å². The summed E-state index contributed by atoms with van der Waals surface area (Å²) in [7, 11) is -3.83. The molecule has 2 aromatic rings. The van der Waals surface area contributed by atoms with Crippen molar-refractivity contribution in [1.29, 1.82) is 0 Å². The first-order chi connectivity index (χ1) is 11.8. The molecule has 0 spiro atoms. The fourth-order valence-electron chi connectivity index (χ4n) is 2.72. The average Bonchev–Trinajstić information content (AvgIpc) is 2.98. The Kier molecular flexibility index (Phi) is 5.58. The molecule has 1 unspecified atom stereocenters. The number of hydrogen-bond donors (Lipinski definition) is 1. The number of nitrogens with one attached hydrogen (secondary N) is 1. The van der Waals surface area contributed by atoms with Gasteiger partial charge in [0.2, 0.25) is 0 Å². The highest BCUT2D eigenvalue weighted by Gasteiger charge is 2.21. The van der Waals surface area contributed by atoms with Crippen molar-refractivity contribution in [2.75, 3.05) is 11.3 Å². The highest BCUT2D eigenvalue weighted by Crippen LogP contribution is 2.29. The van der Waals surface area contributed by atoms with Crippen molar-refractivity contribution in [2.45, 2.75) is 43.7 Å². The Morgan fingerprint density at radius 2 is 2.12 bits per heavy atom.